The van der Waals surface area contributed by atoms with Crippen LogP contribution in [0.25, 0.3) is 32.2 Å². The van der Waals surface area contributed by atoms with Crippen LogP contribution in [0.4, 0.5) is 10.1 Å². The third-order valence-corrected chi connectivity index (χ3v) is 6.31. The standard InChI is InChI=1S/C23H14FN3OS2/c24-15-5-1-2-6-16(15)27-23(28)14-9-10-17-18(13-14)26-22(20-8-4-12-30-20)21(25-17)19-7-3-11-29-19/h1-13H,(H,27,28). The Morgan fingerprint density at radius 2 is 1.47 bits per heavy atom. The number of nitrogens with zero attached hydrogens (tertiary/aromatic N) is 2. The second-order valence-corrected chi connectivity index (χ2v) is 8.41. The fourth-order valence-corrected chi connectivity index (χ4v) is 4.55. The van der Waals surface area contributed by atoms with E-state index < -0.39 is 11.7 Å². The number of carbonyl (C=O) groups is 1. The van der Waals surface area contributed by atoms with E-state index in [1.807, 2.05) is 35.0 Å². The van der Waals surface area contributed by atoms with E-state index in [4.69, 9.17) is 9.97 Å². The molecular formula is C23H14FN3OS2. The molecule has 5 aromatic rings. The fourth-order valence-electron chi connectivity index (χ4n) is 3.12. The van der Waals surface area contributed by atoms with Gasteiger partial charge in [0.2, 0.25) is 0 Å². The number of aromatic nitrogens is 2. The van der Waals surface area contributed by atoms with Gasteiger partial charge >= 0.3 is 0 Å². The number of fused-ring (bicyclic) bond motifs is 1. The summed E-state index contributed by atoms with van der Waals surface area (Å²) in [7, 11) is 0. The van der Waals surface area contributed by atoms with Gasteiger partial charge in [0.1, 0.15) is 17.2 Å². The molecule has 0 saturated carbocycles. The van der Waals surface area contributed by atoms with Crippen molar-refractivity contribution in [2.45, 2.75) is 0 Å². The molecular weight excluding hydrogens is 417 g/mol. The maximum atomic E-state index is 13.9. The zero-order chi connectivity index (χ0) is 20.5. The summed E-state index contributed by atoms with van der Waals surface area (Å²) in [6.07, 6.45) is 0. The van der Waals surface area contributed by atoms with Crippen LogP contribution < -0.4 is 5.32 Å². The number of nitrogens with one attached hydrogen (secondary N) is 1. The molecule has 0 fully saturated rings. The topological polar surface area (TPSA) is 54.9 Å². The number of rotatable bonds is 4. The van der Waals surface area contributed by atoms with Gasteiger partial charge in [0.05, 0.1) is 26.5 Å². The molecule has 1 N–H and O–H groups in total. The van der Waals surface area contributed by atoms with Crippen molar-refractivity contribution in [2.75, 3.05) is 5.32 Å². The molecule has 3 heterocycles. The van der Waals surface area contributed by atoms with Crippen LogP contribution in [-0.2, 0) is 0 Å². The van der Waals surface area contributed by atoms with E-state index in [9.17, 15) is 9.18 Å². The summed E-state index contributed by atoms with van der Waals surface area (Å²) in [5, 5.41) is 6.62. The number of hydrogen-bond donors (Lipinski definition) is 1. The average molecular weight is 432 g/mol. The molecule has 7 heteroatoms. The smallest absolute Gasteiger partial charge is 0.255 e. The molecule has 3 aromatic heterocycles. The summed E-state index contributed by atoms with van der Waals surface area (Å²) >= 11 is 3.20. The molecule has 0 spiro atoms. The normalized spacial score (nSPS) is 11.0. The summed E-state index contributed by atoms with van der Waals surface area (Å²) in [4.78, 5) is 24.4. The summed E-state index contributed by atoms with van der Waals surface area (Å²) in [5.74, 6) is -0.879. The Labute approximate surface area is 179 Å². The molecule has 0 atom stereocenters. The fraction of sp³-hybridized carbons (Fsp3) is 0. The Morgan fingerprint density at radius 3 is 2.10 bits per heavy atom. The van der Waals surface area contributed by atoms with Crippen molar-refractivity contribution in [1.29, 1.82) is 0 Å². The molecule has 146 valence electrons. The van der Waals surface area contributed by atoms with Gasteiger partial charge in [-0.2, -0.15) is 0 Å². The van der Waals surface area contributed by atoms with E-state index >= 15 is 0 Å². The van der Waals surface area contributed by atoms with Crippen molar-refractivity contribution >= 4 is 45.3 Å². The molecule has 2 aromatic carbocycles. The Hall–Kier alpha value is -3.42. The molecule has 0 radical (unpaired) electrons. The second kappa shape index (κ2) is 7.78. The van der Waals surface area contributed by atoms with E-state index in [-0.39, 0.29) is 5.69 Å². The first kappa shape index (κ1) is 18.6. The van der Waals surface area contributed by atoms with Gasteiger partial charge in [-0.1, -0.05) is 24.3 Å². The zero-order valence-corrected chi connectivity index (χ0v) is 17.1. The summed E-state index contributed by atoms with van der Waals surface area (Å²) in [6, 6.07) is 19.2. The first-order valence-corrected chi connectivity index (χ1v) is 10.9. The highest BCUT2D eigenvalue weighted by Crippen LogP contribution is 2.35. The number of carbonyl (C=O) groups excluding carboxylic acids is 1. The first-order chi connectivity index (χ1) is 14.7. The van der Waals surface area contributed by atoms with E-state index in [1.165, 1.54) is 12.1 Å². The minimum Gasteiger partial charge on any atom is -0.319 e. The predicted molar refractivity (Wildman–Crippen MR) is 121 cm³/mol. The highest BCUT2D eigenvalue weighted by Gasteiger charge is 2.16. The number of hydrogen-bond acceptors (Lipinski definition) is 5. The SMILES string of the molecule is O=C(Nc1ccccc1F)c1ccc2nc(-c3cccs3)c(-c3cccs3)nc2c1. The molecule has 5 rings (SSSR count). The van der Waals surface area contributed by atoms with Crippen molar-refractivity contribution in [3.63, 3.8) is 0 Å². The Kier molecular flexibility index (Phi) is 4.82. The lowest BCUT2D eigenvalue weighted by Crippen LogP contribution is -2.13. The van der Waals surface area contributed by atoms with Crippen LogP contribution in [0.2, 0.25) is 0 Å². The van der Waals surface area contributed by atoms with Crippen LogP contribution in [0.15, 0.2) is 77.5 Å². The summed E-state index contributed by atoms with van der Waals surface area (Å²) in [5.41, 5.74) is 3.44. The summed E-state index contributed by atoms with van der Waals surface area (Å²) in [6.45, 7) is 0. The van der Waals surface area contributed by atoms with Crippen LogP contribution in [0.1, 0.15) is 10.4 Å². The molecule has 0 aliphatic rings. The number of benzene rings is 2. The molecule has 0 saturated heterocycles. The molecule has 0 unspecified atom stereocenters. The molecule has 30 heavy (non-hydrogen) atoms. The zero-order valence-electron chi connectivity index (χ0n) is 15.5. The van der Waals surface area contributed by atoms with Gasteiger partial charge in [0.25, 0.3) is 5.91 Å². The van der Waals surface area contributed by atoms with Gasteiger partial charge in [-0.05, 0) is 53.2 Å². The number of anilines is 1. The third-order valence-electron chi connectivity index (χ3n) is 4.56. The minimum absolute atomic E-state index is 0.140. The quantitative estimate of drug-likeness (QED) is 0.354. The van der Waals surface area contributed by atoms with Crippen molar-refractivity contribution in [1.82, 2.24) is 9.97 Å². The van der Waals surface area contributed by atoms with E-state index in [0.29, 0.717) is 16.6 Å². The number of halogens is 1. The molecule has 0 bridgehead atoms. The highest BCUT2D eigenvalue weighted by atomic mass is 32.1. The molecule has 0 aliphatic carbocycles. The molecule has 4 nitrogen and oxygen atoms in total. The highest BCUT2D eigenvalue weighted by molar-refractivity contribution is 7.14. The Balaban J connectivity index is 1.58. The lowest BCUT2D eigenvalue weighted by Gasteiger charge is -2.10. The van der Waals surface area contributed by atoms with Crippen LogP contribution >= 0.6 is 22.7 Å². The molecule has 0 aliphatic heterocycles. The van der Waals surface area contributed by atoms with Gasteiger partial charge in [0, 0.05) is 5.56 Å². The van der Waals surface area contributed by atoms with E-state index in [0.717, 1.165) is 21.1 Å². The van der Waals surface area contributed by atoms with Crippen LogP contribution in [0, 0.1) is 5.82 Å². The van der Waals surface area contributed by atoms with Gasteiger partial charge in [0.15, 0.2) is 0 Å². The lowest BCUT2D eigenvalue weighted by molar-refractivity contribution is 0.102. The van der Waals surface area contributed by atoms with Crippen molar-refractivity contribution < 1.29 is 9.18 Å². The van der Waals surface area contributed by atoms with Gasteiger partial charge in [-0.15, -0.1) is 22.7 Å². The number of thiophene rings is 2. The summed E-state index contributed by atoms with van der Waals surface area (Å²) < 4.78 is 13.9. The molecule has 1 amide bonds. The Morgan fingerprint density at radius 1 is 0.800 bits per heavy atom. The Bertz CT molecular complexity index is 1350. The van der Waals surface area contributed by atoms with Gasteiger partial charge in [-0.25, -0.2) is 14.4 Å². The van der Waals surface area contributed by atoms with Crippen LogP contribution in [0.5, 0.6) is 0 Å². The second-order valence-electron chi connectivity index (χ2n) is 6.51. The van der Waals surface area contributed by atoms with E-state index in [2.05, 4.69) is 5.32 Å². The maximum Gasteiger partial charge on any atom is 0.255 e. The van der Waals surface area contributed by atoms with Crippen molar-refractivity contribution in [3.05, 3.63) is 88.9 Å². The average Bonchev–Trinajstić information content (AvgIpc) is 3.48. The van der Waals surface area contributed by atoms with Crippen LogP contribution in [-0.4, -0.2) is 15.9 Å². The maximum absolute atomic E-state index is 13.9. The van der Waals surface area contributed by atoms with Gasteiger partial charge in [-0.3, -0.25) is 4.79 Å². The van der Waals surface area contributed by atoms with Crippen molar-refractivity contribution in [2.24, 2.45) is 0 Å². The lowest BCUT2D eigenvalue weighted by atomic mass is 10.1. The monoisotopic (exact) mass is 431 g/mol. The minimum atomic E-state index is -0.480. The number of amides is 1. The van der Waals surface area contributed by atoms with Gasteiger partial charge < -0.3 is 5.32 Å². The van der Waals surface area contributed by atoms with Crippen molar-refractivity contribution in [3.8, 4) is 21.1 Å². The van der Waals surface area contributed by atoms with E-state index in [1.54, 1.807) is 53.0 Å². The predicted octanol–water partition coefficient (Wildman–Crippen LogP) is 6.48. The number of para-hydroxylation sites is 1. The van der Waals surface area contributed by atoms with Crippen LogP contribution in [0.3, 0.4) is 0 Å². The largest absolute Gasteiger partial charge is 0.319 e. The first-order valence-electron chi connectivity index (χ1n) is 9.14. The third kappa shape index (κ3) is 3.49.